The molecule has 0 radical (unpaired) electrons. The van der Waals surface area contributed by atoms with E-state index in [1.165, 1.54) is 0 Å². The number of rotatable bonds is 5. The van der Waals surface area contributed by atoms with Crippen LogP contribution in [0.1, 0.15) is 26.2 Å². The highest BCUT2D eigenvalue weighted by Crippen LogP contribution is 2.13. The Morgan fingerprint density at radius 3 is 2.93 bits per heavy atom. The Morgan fingerprint density at radius 2 is 2.43 bits per heavy atom. The first-order valence-electron chi connectivity index (χ1n) is 5.27. The van der Waals surface area contributed by atoms with Crippen molar-refractivity contribution in [2.45, 2.75) is 32.2 Å². The zero-order valence-corrected chi connectivity index (χ0v) is 8.74. The molecule has 1 atom stereocenters. The van der Waals surface area contributed by atoms with Gasteiger partial charge < -0.3 is 9.84 Å². The van der Waals surface area contributed by atoms with Gasteiger partial charge >= 0.3 is 5.97 Å². The van der Waals surface area contributed by atoms with Crippen molar-refractivity contribution in [2.75, 3.05) is 26.3 Å². The third kappa shape index (κ3) is 3.64. The second kappa shape index (κ2) is 5.98. The van der Waals surface area contributed by atoms with E-state index in [0.29, 0.717) is 12.6 Å². The fourth-order valence-corrected chi connectivity index (χ4v) is 1.86. The summed E-state index contributed by atoms with van der Waals surface area (Å²) in [6, 6.07) is 0.305. The highest BCUT2D eigenvalue weighted by Gasteiger charge is 2.22. The molecule has 4 heteroatoms. The van der Waals surface area contributed by atoms with E-state index in [9.17, 15) is 4.79 Å². The fourth-order valence-electron chi connectivity index (χ4n) is 1.86. The number of nitrogens with zero attached hydrogens (tertiary/aromatic N) is 1. The van der Waals surface area contributed by atoms with Gasteiger partial charge in [0.25, 0.3) is 0 Å². The van der Waals surface area contributed by atoms with Crippen LogP contribution in [0.5, 0.6) is 0 Å². The van der Waals surface area contributed by atoms with Gasteiger partial charge in [-0.3, -0.25) is 9.69 Å². The van der Waals surface area contributed by atoms with Crippen LogP contribution in [0.15, 0.2) is 0 Å². The summed E-state index contributed by atoms with van der Waals surface area (Å²) in [6.45, 7) is 4.57. The molecule has 0 aromatic carbocycles. The molecule has 0 aliphatic carbocycles. The molecule has 0 aromatic rings. The van der Waals surface area contributed by atoms with Gasteiger partial charge in [0.05, 0.1) is 13.2 Å². The zero-order chi connectivity index (χ0) is 10.4. The first kappa shape index (κ1) is 11.5. The molecule has 1 unspecified atom stereocenters. The number of hydrogen-bond acceptors (Lipinski definition) is 3. The molecular weight excluding hydrogens is 182 g/mol. The maximum Gasteiger partial charge on any atom is 0.317 e. The Kier molecular flexibility index (Phi) is 4.90. The lowest BCUT2D eigenvalue weighted by Crippen LogP contribution is -2.44. The van der Waals surface area contributed by atoms with E-state index >= 15 is 0 Å². The minimum Gasteiger partial charge on any atom is -0.480 e. The average Bonchev–Trinajstić information content (AvgIpc) is 2.18. The molecule has 0 saturated carbocycles. The third-order valence-electron chi connectivity index (χ3n) is 2.50. The monoisotopic (exact) mass is 201 g/mol. The lowest BCUT2D eigenvalue weighted by atomic mass is 10.1. The maximum absolute atomic E-state index is 10.6. The van der Waals surface area contributed by atoms with E-state index in [0.717, 1.165) is 32.4 Å². The molecule has 82 valence electrons. The minimum absolute atomic E-state index is 0.141. The molecule has 0 bridgehead atoms. The summed E-state index contributed by atoms with van der Waals surface area (Å²) in [5.41, 5.74) is 0. The van der Waals surface area contributed by atoms with Crippen LogP contribution in [-0.2, 0) is 9.53 Å². The first-order chi connectivity index (χ1) is 6.74. The predicted molar refractivity (Wildman–Crippen MR) is 53.3 cm³/mol. The summed E-state index contributed by atoms with van der Waals surface area (Å²) in [4.78, 5) is 12.7. The van der Waals surface area contributed by atoms with Gasteiger partial charge in [-0.1, -0.05) is 6.92 Å². The maximum atomic E-state index is 10.6. The number of hydrogen-bond donors (Lipinski definition) is 1. The van der Waals surface area contributed by atoms with Gasteiger partial charge in [0.15, 0.2) is 0 Å². The van der Waals surface area contributed by atoms with Gasteiger partial charge in [-0.2, -0.15) is 0 Å². The smallest absolute Gasteiger partial charge is 0.317 e. The lowest BCUT2D eigenvalue weighted by Gasteiger charge is -2.32. The van der Waals surface area contributed by atoms with Gasteiger partial charge in [-0.15, -0.1) is 0 Å². The number of carbonyl (C=O) groups is 1. The summed E-state index contributed by atoms with van der Waals surface area (Å²) in [6.07, 6.45) is 3.10. The fraction of sp³-hybridized carbons (Fsp3) is 0.900. The van der Waals surface area contributed by atoms with Gasteiger partial charge in [0, 0.05) is 12.6 Å². The van der Waals surface area contributed by atoms with Crippen molar-refractivity contribution >= 4 is 5.97 Å². The van der Waals surface area contributed by atoms with Crippen molar-refractivity contribution in [1.82, 2.24) is 4.90 Å². The minimum atomic E-state index is -0.746. The van der Waals surface area contributed by atoms with Crippen molar-refractivity contribution in [3.63, 3.8) is 0 Å². The molecule has 1 aliphatic rings. The van der Waals surface area contributed by atoms with E-state index < -0.39 is 5.97 Å². The Bertz CT molecular complexity index is 178. The normalized spacial score (nSPS) is 22.6. The quantitative estimate of drug-likeness (QED) is 0.720. The van der Waals surface area contributed by atoms with Crippen LogP contribution >= 0.6 is 0 Å². The van der Waals surface area contributed by atoms with Crippen LogP contribution in [0.25, 0.3) is 0 Å². The van der Waals surface area contributed by atoms with Crippen molar-refractivity contribution in [3.8, 4) is 0 Å². The molecule has 14 heavy (non-hydrogen) atoms. The first-order valence-corrected chi connectivity index (χ1v) is 5.27. The molecule has 1 rings (SSSR count). The SMILES string of the molecule is CCCN(CC(=O)O)C1CCCOC1. The van der Waals surface area contributed by atoms with E-state index in [2.05, 4.69) is 6.92 Å². The van der Waals surface area contributed by atoms with Crippen LogP contribution in [-0.4, -0.2) is 48.3 Å². The van der Waals surface area contributed by atoms with Crippen LogP contribution in [0.4, 0.5) is 0 Å². The topological polar surface area (TPSA) is 49.8 Å². The highest BCUT2D eigenvalue weighted by molar-refractivity contribution is 5.69. The standard InChI is InChI=1S/C10H19NO3/c1-2-5-11(7-10(12)13)9-4-3-6-14-8-9/h9H,2-8H2,1H3,(H,12,13). The molecule has 1 N–H and O–H groups in total. The van der Waals surface area contributed by atoms with Gasteiger partial charge in [0.2, 0.25) is 0 Å². The largest absolute Gasteiger partial charge is 0.480 e. The van der Waals surface area contributed by atoms with Crippen LogP contribution in [0.3, 0.4) is 0 Å². The summed E-state index contributed by atoms with van der Waals surface area (Å²) in [5, 5.41) is 8.76. The summed E-state index contributed by atoms with van der Waals surface area (Å²) >= 11 is 0. The number of ether oxygens (including phenoxy) is 1. The molecular formula is C10H19NO3. The Hall–Kier alpha value is -0.610. The van der Waals surface area contributed by atoms with Gasteiger partial charge in [-0.05, 0) is 25.8 Å². The van der Waals surface area contributed by atoms with E-state index in [4.69, 9.17) is 9.84 Å². The molecule has 1 fully saturated rings. The number of carboxylic acid groups (broad SMARTS) is 1. The van der Waals surface area contributed by atoms with Crippen molar-refractivity contribution < 1.29 is 14.6 Å². The van der Waals surface area contributed by atoms with Crippen LogP contribution in [0, 0.1) is 0 Å². The van der Waals surface area contributed by atoms with E-state index in [1.807, 2.05) is 4.90 Å². The Morgan fingerprint density at radius 1 is 1.64 bits per heavy atom. The molecule has 4 nitrogen and oxygen atoms in total. The van der Waals surface area contributed by atoms with E-state index in [-0.39, 0.29) is 6.54 Å². The summed E-state index contributed by atoms with van der Waals surface area (Å²) < 4.78 is 5.36. The average molecular weight is 201 g/mol. The zero-order valence-electron chi connectivity index (χ0n) is 8.74. The molecule has 1 heterocycles. The van der Waals surface area contributed by atoms with Crippen molar-refractivity contribution in [3.05, 3.63) is 0 Å². The second-order valence-electron chi connectivity index (χ2n) is 3.74. The van der Waals surface area contributed by atoms with Crippen LogP contribution < -0.4 is 0 Å². The Labute approximate surface area is 84.8 Å². The number of aliphatic carboxylic acids is 1. The van der Waals surface area contributed by atoms with E-state index in [1.54, 1.807) is 0 Å². The Balaban J connectivity index is 2.42. The van der Waals surface area contributed by atoms with Gasteiger partial charge in [0.1, 0.15) is 0 Å². The molecule has 1 saturated heterocycles. The predicted octanol–water partition coefficient (Wildman–Crippen LogP) is 0.962. The highest BCUT2D eigenvalue weighted by atomic mass is 16.5. The summed E-state index contributed by atoms with van der Waals surface area (Å²) in [7, 11) is 0. The molecule has 0 aromatic heterocycles. The van der Waals surface area contributed by atoms with Crippen molar-refractivity contribution in [2.24, 2.45) is 0 Å². The molecule has 0 amide bonds. The molecule has 1 aliphatic heterocycles. The summed E-state index contributed by atoms with van der Waals surface area (Å²) in [5.74, 6) is -0.746. The third-order valence-corrected chi connectivity index (χ3v) is 2.50. The molecule has 0 spiro atoms. The van der Waals surface area contributed by atoms with Crippen LogP contribution in [0.2, 0.25) is 0 Å². The second-order valence-corrected chi connectivity index (χ2v) is 3.74. The lowest BCUT2D eigenvalue weighted by molar-refractivity contribution is -0.139. The van der Waals surface area contributed by atoms with Crippen molar-refractivity contribution in [1.29, 1.82) is 0 Å². The van der Waals surface area contributed by atoms with Gasteiger partial charge in [-0.25, -0.2) is 0 Å². The number of carboxylic acids is 1.